The molecule has 0 amide bonds. The summed E-state index contributed by atoms with van der Waals surface area (Å²) in [5.41, 5.74) is -0.454. The van der Waals surface area contributed by atoms with Crippen LogP contribution >= 0.6 is 0 Å². The van der Waals surface area contributed by atoms with Gasteiger partial charge in [0.25, 0.3) is 0 Å². The third-order valence-electron chi connectivity index (χ3n) is 4.39. The summed E-state index contributed by atoms with van der Waals surface area (Å²) in [7, 11) is 0. The molecule has 2 aliphatic carbocycles. The van der Waals surface area contributed by atoms with Crippen molar-refractivity contribution < 1.29 is 15.0 Å². The first-order valence-corrected chi connectivity index (χ1v) is 5.98. The molecule has 0 saturated heterocycles. The maximum atomic E-state index is 10.6. The normalized spacial score (nSPS) is 28.1. The van der Waals surface area contributed by atoms with Gasteiger partial charge in [0.15, 0.2) is 0 Å². The molecule has 0 heterocycles. The molecular formula is C12H20O3. The molecule has 2 rings (SSSR count). The van der Waals surface area contributed by atoms with Crippen molar-refractivity contribution in [2.45, 2.75) is 63.4 Å². The second-order valence-electron chi connectivity index (χ2n) is 5.50. The Morgan fingerprint density at radius 2 is 1.53 bits per heavy atom. The third kappa shape index (κ3) is 2.33. The second-order valence-corrected chi connectivity index (χ2v) is 5.50. The standard InChI is InChI=1S/C12H20O3/c13-10(14)9-12(15)7-5-11(6-8-12)3-1-2-4-11/h15H,1-9H2,(H,13,14). The SMILES string of the molecule is O=C(O)CC1(O)CCC2(CCCC2)CC1. The van der Waals surface area contributed by atoms with Gasteiger partial charge in [-0.3, -0.25) is 4.79 Å². The van der Waals surface area contributed by atoms with E-state index in [0.717, 1.165) is 12.8 Å². The van der Waals surface area contributed by atoms with Gasteiger partial charge in [-0.05, 0) is 43.9 Å². The smallest absolute Gasteiger partial charge is 0.306 e. The van der Waals surface area contributed by atoms with E-state index in [2.05, 4.69) is 0 Å². The first-order chi connectivity index (χ1) is 7.04. The van der Waals surface area contributed by atoms with Crippen molar-refractivity contribution >= 4 is 5.97 Å². The fourth-order valence-corrected chi connectivity index (χ4v) is 3.33. The Balaban J connectivity index is 1.93. The molecule has 2 fully saturated rings. The molecule has 0 aliphatic heterocycles. The van der Waals surface area contributed by atoms with Crippen molar-refractivity contribution in [3.05, 3.63) is 0 Å². The molecule has 0 bridgehead atoms. The molecule has 2 saturated carbocycles. The quantitative estimate of drug-likeness (QED) is 0.738. The largest absolute Gasteiger partial charge is 0.481 e. The molecule has 86 valence electrons. The van der Waals surface area contributed by atoms with E-state index in [4.69, 9.17) is 5.11 Å². The van der Waals surface area contributed by atoms with Crippen LogP contribution in [-0.4, -0.2) is 21.8 Å². The predicted molar refractivity (Wildman–Crippen MR) is 56.6 cm³/mol. The van der Waals surface area contributed by atoms with Crippen molar-refractivity contribution in [3.8, 4) is 0 Å². The average Bonchev–Trinajstić information content (AvgIpc) is 2.59. The minimum atomic E-state index is -0.917. The molecular weight excluding hydrogens is 192 g/mol. The highest BCUT2D eigenvalue weighted by Gasteiger charge is 2.43. The lowest BCUT2D eigenvalue weighted by atomic mass is 9.67. The van der Waals surface area contributed by atoms with Crippen LogP contribution in [0.4, 0.5) is 0 Å². The van der Waals surface area contributed by atoms with Crippen LogP contribution in [0.5, 0.6) is 0 Å². The maximum absolute atomic E-state index is 10.6. The van der Waals surface area contributed by atoms with Crippen LogP contribution in [0.15, 0.2) is 0 Å². The minimum Gasteiger partial charge on any atom is -0.481 e. The summed E-state index contributed by atoms with van der Waals surface area (Å²) >= 11 is 0. The number of aliphatic carboxylic acids is 1. The average molecular weight is 212 g/mol. The van der Waals surface area contributed by atoms with Crippen LogP contribution in [0.25, 0.3) is 0 Å². The van der Waals surface area contributed by atoms with Crippen LogP contribution in [0.1, 0.15) is 57.8 Å². The van der Waals surface area contributed by atoms with Gasteiger partial charge in [0, 0.05) is 0 Å². The van der Waals surface area contributed by atoms with Gasteiger partial charge in [-0.2, -0.15) is 0 Å². The lowest BCUT2D eigenvalue weighted by Gasteiger charge is -2.41. The summed E-state index contributed by atoms with van der Waals surface area (Å²) in [5.74, 6) is -0.875. The molecule has 15 heavy (non-hydrogen) atoms. The number of carboxylic acid groups (broad SMARTS) is 1. The van der Waals surface area contributed by atoms with Gasteiger partial charge in [0.05, 0.1) is 12.0 Å². The molecule has 0 atom stereocenters. The lowest BCUT2D eigenvalue weighted by molar-refractivity contribution is -0.145. The predicted octanol–water partition coefficient (Wildman–Crippen LogP) is 2.33. The zero-order valence-electron chi connectivity index (χ0n) is 9.17. The highest BCUT2D eigenvalue weighted by atomic mass is 16.4. The first kappa shape index (κ1) is 10.9. The molecule has 3 nitrogen and oxygen atoms in total. The molecule has 0 unspecified atom stereocenters. The summed E-state index contributed by atoms with van der Waals surface area (Å²) in [4.78, 5) is 10.6. The van der Waals surface area contributed by atoms with E-state index in [1.54, 1.807) is 0 Å². The van der Waals surface area contributed by atoms with Gasteiger partial charge in [-0.15, -0.1) is 0 Å². The van der Waals surface area contributed by atoms with E-state index in [1.165, 1.54) is 25.7 Å². The van der Waals surface area contributed by atoms with Crippen molar-refractivity contribution in [1.29, 1.82) is 0 Å². The maximum Gasteiger partial charge on any atom is 0.306 e. The molecule has 2 N–H and O–H groups in total. The third-order valence-corrected chi connectivity index (χ3v) is 4.39. The van der Waals surface area contributed by atoms with Crippen LogP contribution in [0.2, 0.25) is 0 Å². The summed E-state index contributed by atoms with van der Waals surface area (Å²) in [6.45, 7) is 0. The summed E-state index contributed by atoms with van der Waals surface area (Å²) in [6.07, 6.45) is 8.54. The van der Waals surface area contributed by atoms with Crippen molar-refractivity contribution in [2.24, 2.45) is 5.41 Å². The Labute approximate surface area is 90.5 Å². The van der Waals surface area contributed by atoms with Gasteiger partial charge in [-0.1, -0.05) is 12.8 Å². The van der Waals surface area contributed by atoms with E-state index in [0.29, 0.717) is 18.3 Å². The summed E-state index contributed by atoms with van der Waals surface area (Å²) < 4.78 is 0. The fraction of sp³-hybridized carbons (Fsp3) is 0.917. The Morgan fingerprint density at radius 1 is 1.00 bits per heavy atom. The van der Waals surface area contributed by atoms with Crippen LogP contribution in [-0.2, 0) is 4.79 Å². The highest BCUT2D eigenvalue weighted by molar-refractivity contribution is 5.68. The molecule has 0 aromatic heterocycles. The zero-order chi connectivity index (χ0) is 10.9. The Hall–Kier alpha value is -0.570. The van der Waals surface area contributed by atoms with Gasteiger partial charge in [-0.25, -0.2) is 0 Å². The van der Waals surface area contributed by atoms with Crippen LogP contribution < -0.4 is 0 Å². The van der Waals surface area contributed by atoms with Gasteiger partial charge in [0.1, 0.15) is 0 Å². The zero-order valence-corrected chi connectivity index (χ0v) is 9.17. The van der Waals surface area contributed by atoms with E-state index in [9.17, 15) is 9.90 Å². The Kier molecular flexibility index (Phi) is 2.75. The van der Waals surface area contributed by atoms with E-state index in [1.807, 2.05) is 0 Å². The number of rotatable bonds is 2. The topological polar surface area (TPSA) is 57.5 Å². The fourth-order valence-electron chi connectivity index (χ4n) is 3.33. The Bertz CT molecular complexity index is 244. The second kappa shape index (κ2) is 3.78. The molecule has 0 aromatic carbocycles. The number of carbonyl (C=O) groups is 1. The number of hydrogen-bond acceptors (Lipinski definition) is 2. The number of hydrogen-bond donors (Lipinski definition) is 2. The van der Waals surface area contributed by atoms with Gasteiger partial charge in [0.2, 0.25) is 0 Å². The minimum absolute atomic E-state index is 0.0803. The van der Waals surface area contributed by atoms with Gasteiger partial charge < -0.3 is 10.2 Å². The van der Waals surface area contributed by atoms with Crippen molar-refractivity contribution in [2.75, 3.05) is 0 Å². The van der Waals surface area contributed by atoms with Crippen molar-refractivity contribution in [3.63, 3.8) is 0 Å². The Morgan fingerprint density at radius 3 is 2.00 bits per heavy atom. The van der Waals surface area contributed by atoms with E-state index >= 15 is 0 Å². The number of aliphatic hydroxyl groups is 1. The van der Waals surface area contributed by atoms with E-state index in [-0.39, 0.29) is 6.42 Å². The monoisotopic (exact) mass is 212 g/mol. The van der Waals surface area contributed by atoms with Gasteiger partial charge >= 0.3 is 5.97 Å². The highest BCUT2D eigenvalue weighted by Crippen LogP contribution is 2.51. The number of carboxylic acids is 1. The lowest BCUT2D eigenvalue weighted by Crippen LogP contribution is -2.39. The van der Waals surface area contributed by atoms with E-state index < -0.39 is 11.6 Å². The molecule has 1 spiro atoms. The van der Waals surface area contributed by atoms with Crippen LogP contribution in [0.3, 0.4) is 0 Å². The molecule has 0 radical (unpaired) electrons. The summed E-state index contributed by atoms with van der Waals surface area (Å²) in [5, 5.41) is 18.8. The summed E-state index contributed by atoms with van der Waals surface area (Å²) in [6, 6.07) is 0. The van der Waals surface area contributed by atoms with Crippen LogP contribution in [0, 0.1) is 5.41 Å². The molecule has 0 aromatic rings. The molecule has 3 heteroatoms. The first-order valence-electron chi connectivity index (χ1n) is 5.98. The van der Waals surface area contributed by atoms with Crippen molar-refractivity contribution in [1.82, 2.24) is 0 Å². The molecule has 2 aliphatic rings.